The lowest BCUT2D eigenvalue weighted by molar-refractivity contribution is 0.0698. The van der Waals surface area contributed by atoms with Crippen LogP contribution in [0.25, 0.3) is 0 Å². The minimum Gasteiger partial charge on any atom is -0.478 e. The number of carboxylic acid groups (broad SMARTS) is 1. The zero-order valence-electron chi connectivity index (χ0n) is 12.3. The Morgan fingerprint density at radius 2 is 1.86 bits per heavy atom. The van der Waals surface area contributed by atoms with E-state index in [2.05, 4.69) is 30.9 Å². The third-order valence-electron chi connectivity index (χ3n) is 3.42. The molecule has 0 aromatic heterocycles. The lowest BCUT2D eigenvalue weighted by Gasteiger charge is -2.29. The summed E-state index contributed by atoms with van der Waals surface area (Å²) in [6, 6.07) is 15.5. The van der Waals surface area contributed by atoms with Gasteiger partial charge in [-0.25, -0.2) is 4.79 Å². The van der Waals surface area contributed by atoms with Crippen LogP contribution >= 0.6 is 0 Å². The van der Waals surface area contributed by atoms with E-state index in [1.54, 1.807) is 12.1 Å². The maximum atomic E-state index is 11.2. The molecule has 0 spiro atoms. The number of nitrogens with two attached hydrogens (primary N) is 1. The number of carboxylic acids is 1. The summed E-state index contributed by atoms with van der Waals surface area (Å²) in [6.45, 7) is 4.89. The topological polar surface area (TPSA) is 66.6 Å². The van der Waals surface area contributed by atoms with Gasteiger partial charge in [0, 0.05) is 24.0 Å². The molecule has 4 nitrogen and oxygen atoms in total. The van der Waals surface area contributed by atoms with Gasteiger partial charge in [-0.15, -0.1) is 0 Å². The zero-order valence-corrected chi connectivity index (χ0v) is 12.3. The van der Waals surface area contributed by atoms with Crippen LogP contribution in [-0.4, -0.2) is 17.1 Å². The minimum absolute atomic E-state index is 0.145. The van der Waals surface area contributed by atoms with E-state index in [-0.39, 0.29) is 17.3 Å². The van der Waals surface area contributed by atoms with Crippen molar-refractivity contribution in [3.05, 3.63) is 59.7 Å². The Morgan fingerprint density at radius 1 is 1.19 bits per heavy atom. The molecule has 0 unspecified atom stereocenters. The van der Waals surface area contributed by atoms with E-state index in [1.165, 1.54) is 5.56 Å². The Balaban J connectivity index is 2.35. The predicted molar refractivity (Wildman–Crippen MR) is 85.6 cm³/mol. The van der Waals surface area contributed by atoms with Gasteiger partial charge in [0.1, 0.15) is 0 Å². The fourth-order valence-electron chi connectivity index (χ4n) is 2.26. The molecule has 2 rings (SSSR count). The highest BCUT2D eigenvalue weighted by Crippen LogP contribution is 2.24. The number of hydrogen-bond donors (Lipinski definition) is 2. The highest BCUT2D eigenvalue weighted by Gasteiger charge is 2.15. The third kappa shape index (κ3) is 3.54. The fourth-order valence-corrected chi connectivity index (χ4v) is 2.26. The van der Waals surface area contributed by atoms with E-state index in [9.17, 15) is 9.90 Å². The van der Waals surface area contributed by atoms with Crippen molar-refractivity contribution in [3.8, 4) is 0 Å². The van der Waals surface area contributed by atoms with Gasteiger partial charge in [0.25, 0.3) is 0 Å². The van der Waals surface area contributed by atoms with E-state index < -0.39 is 5.97 Å². The van der Waals surface area contributed by atoms with E-state index in [0.29, 0.717) is 0 Å². The van der Waals surface area contributed by atoms with Crippen molar-refractivity contribution in [2.75, 3.05) is 10.6 Å². The van der Waals surface area contributed by atoms with Crippen LogP contribution in [0.2, 0.25) is 0 Å². The normalized spacial score (nSPS) is 10.6. The van der Waals surface area contributed by atoms with Crippen molar-refractivity contribution in [1.82, 2.24) is 0 Å². The van der Waals surface area contributed by atoms with Crippen molar-refractivity contribution in [1.29, 1.82) is 0 Å². The number of hydrogen-bond acceptors (Lipinski definition) is 3. The third-order valence-corrected chi connectivity index (χ3v) is 3.42. The summed E-state index contributed by atoms with van der Waals surface area (Å²) in [6.07, 6.45) is 0. The predicted octanol–water partition coefficient (Wildman–Crippen LogP) is 3.38. The maximum absolute atomic E-state index is 11.2. The Kier molecular flexibility index (Phi) is 4.48. The van der Waals surface area contributed by atoms with Gasteiger partial charge in [-0.05, 0) is 37.6 Å². The lowest BCUT2D eigenvalue weighted by Crippen LogP contribution is -2.30. The number of rotatable bonds is 5. The van der Waals surface area contributed by atoms with Crippen LogP contribution in [0.1, 0.15) is 29.8 Å². The van der Waals surface area contributed by atoms with Crippen LogP contribution in [0.15, 0.2) is 48.5 Å². The van der Waals surface area contributed by atoms with Crippen molar-refractivity contribution in [2.24, 2.45) is 0 Å². The molecule has 3 N–H and O–H groups in total. The number of carbonyl (C=O) groups is 1. The molecule has 0 bridgehead atoms. The zero-order chi connectivity index (χ0) is 15.4. The first kappa shape index (κ1) is 14.9. The molecule has 4 heteroatoms. The van der Waals surface area contributed by atoms with Gasteiger partial charge in [-0.3, -0.25) is 0 Å². The first-order valence-corrected chi connectivity index (χ1v) is 6.92. The largest absolute Gasteiger partial charge is 0.478 e. The molecule has 0 atom stereocenters. The van der Waals surface area contributed by atoms with E-state index in [4.69, 9.17) is 5.73 Å². The fraction of sp³-hybridized carbons (Fsp3) is 0.235. The van der Waals surface area contributed by atoms with Crippen molar-refractivity contribution >= 4 is 17.3 Å². The SMILES string of the molecule is CC(C)N(Cc1ccccc1)c1ccc(N)c(C(=O)O)c1. The van der Waals surface area contributed by atoms with Gasteiger partial charge in [0.15, 0.2) is 0 Å². The molecule has 0 radical (unpaired) electrons. The molecule has 0 aliphatic heterocycles. The summed E-state index contributed by atoms with van der Waals surface area (Å²) in [7, 11) is 0. The molecule has 110 valence electrons. The quantitative estimate of drug-likeness (QED) is 0.826. The van der Waals surface area contributed by atoms with Gasteiger partial charge in [0.2, 0.25) is 0 Å². The highest BCUT2D eigenvalue weighted by atomic mass is 16.4. The van der Waals surface area contributed by atoms with Crippen LogP contribution in [0.4, 0.5) is 11.4 Å². The van der Waals surface area contributed by atoms with Gasteiger partial charge in [0.05, 0.1) is 5.56 Å². The van der Waals surface area contributed by atoms with Gasteiger partial charge in [-0.2, -0.15) is 0 Å². The summed E-state index contributed by atoms with van der Waals surface area (Å²) in [5, 5.41) is 9.20. The second-order valence-electron chi connectivity index (χ2n) is 5.28. The molecular weight excluding hydrogens is 264 g/mol. The molecule has 0 aliphatic carbocycles. The first-order valence-electron chi connectivity index (χ1n) is 6.92. The molecule has 2 aromatic rings. The second kappa shape index (κ2) is 6.31. The Bertz CT molecular complexity index is 624. The average molecular weight is 284 g/mol. The molecule has 0 saturated carbocycles. The standard InChI is InChI=1S/C17H20N2O2/c1-12(2)19(11-13-6-4-3-5-7-13)14-8-9-16(18)15(10-14)17(20)21/h3-10,12H,11,18H2,1-2H3,(H,20,21). The first-order chi connectivity index (χ1) is 9.99. The Labute approximate surface area is 124 Å². The van der Waals surface area contributed by atoms with Crippen LogP contribution < -0.4 is 10.6 Å². The number of anilines is 2. The molecular formula is C17H20N2O2. The van der Waals surface area contributed by atoms with Crippen molar-refractivity contribution < 1.29 is 9.90 Å². The molecule has 0 saturated heterocycles. The highest BCUT2D eigenvalue weighted by molar-refractivity contribution is 5.94. The van der Waals surface area contributed by atoms with E-state index >= 15 is 0 Å². The summed E-state index contributed by atoms with van der Waals surface area (Å²) in [5.74, 6) is -1.00. The Morgan fingerprint density at radius 3 is 2.43 bits per heavy atom. The van der Waals surface area contributed by atoms with Crippen LogP contribution in [-0.2, 0) is 6.54 Å². The average Bonchev–Trinajstić information content (AvgIpc) is 2.46. The molecule has 21 heavy (non-hydrogen) atoms. The summed E-state index contributed by atoms with van der Waals surface area (Å²) in [4.78, 5) is 13.4. The molecule has 0 amide bonds. The number of aromatic carboxylic acids is 1. The number of nitrogens with zero attached hydrogens (tertiary/aromatic N) is 1. The second-order valence-corrected chi connectivity index (χ2v) is 5.28. The number of nitrogen functional groups attached to an aromatic ring is 1. The van der Waals surface area contributed by atoms with Crippen LogP contribution in [0, 0.1) is 0 Å². The summed E-state index contributed by atoms with van der Waals surface area (Å²) >= 11 is 0. The molecule has 0 heterocycles. The monoisotopic (exact) mass is 284 g/mol. The number of benzene rings is 2. The summed E-state index contributed by atoms with van der Waals surface area (Å²) < 4.78 is 0. The van der Waals surface area contributed by atoms with E-state index in [0.717, 1.165) is 12.2 Å². The van der Waals surface area contributed by atoms with Crippen LogP contribution in [0.5, 0.6) is 0 Å². The van der Waals surface area contributed by atoms with Gasteiger partial charge in [-0.1, -0.05) is 30.3 Å². The maximum Gasteiger partial charge on any atom is 0.337 e. The smallest absolute Gasteiger partial charge is 0.337 e. The van der Waals surface area contributed by atoms with Crippen molar-refractivity contribution in [3.63, 3.8) is 0 Å². The minimum atomic E-state index is -1.00. The molecule has 0 fully saturated rings. The van der Waals surface area contributed by atoms with Crippen LogP contribution in [0.3, 0.4) is 0 Å². The van der Waals surface area contributed by atoms with E-state index in [1.807, 2.05) is 24.3 Å². The Hall–Kier alpha value is -2.49. The van der Waals surface area contributed by atoms with Crippen molar-refractivity contribution in [2.45, 2.75) is 26.4 Å². The lowest BCUT2D eigenvalue weighted by atomic mass is 10.1. The van der Waals surface area contributed by atoms with Gasteiger partial charge >= 0.3 is 5.97 Å². The molecule has 0 aliphatic rings. The molecule has 2 aromatic carbocycles. The summed E-state index contributed by atoms with van der Waals surface area (Å²) in [5.41, 5.74) is 8.19. The van der Waals surface area contributed by atoms with Gasteiger partial charge < -0.3 is 15.7 Å².